The molecular weight excluding hydrogens is 358 g/mol. The van der Waals surface area contributed by atoms with Crippen molar-refractivity contribution in [2.45, 2.75) is 6.92 Å². The zero-order chi connectivity index (χ0) is 19.9. The average Bonchev–Trinajstić information content (AvgIpc) is 2.77. The van der Waals surface area contributed by atoms with Crippen LogP contribution in [0.1, 0.15) is 27.6 Å². The Morgan fingerprint density at radius 1 is 1.00 bits per heavy atom. The summed E-state index contributed by atoms with van der Waals surface area (Å²) in [4.78, 5) is 38.1. The van der Waals surface area contributed by atoms with Gasteiger partial charge >= 0.3 is 0 Å². The van der Waals surface area contributed by atoms with Gasteiger partial charge in [0.1, 0.15) is 5.71 Å². The third-order valence-electron chi connectivity index (χ3n) is 4.40. The number of hydrogen-bond acceptors (Lipinski definition) is 5. The fourth-order valence-electron chi connectivity index (χ4n) is 2.85. The van der Waals surface area contributed by atoms with Crippen molar-refractivity contribution in [2.75, 3.05) is 31.3 Å². The molecule has 0 aliphatic carbocycles. The maximum atomic E-state index is 12.5. The standard InChI is InChI=1S/C21H21N3O4/c1-16(20(26)17-5-3-2-4-6-17)22-24(15-25)19-9-7-18(8-10-19)21(27)23-11-13-28-14-12-23/h2-10,15H,11-14H2,1H3. The van der Waals surface area contributed by atoms with Crippen LogP contribution in [0.25, 0.3) is 0 Å². The Bertz CT molecular complexity index is 872. The first kappa shape index (κ1) is 19.4. The average molecular weight is 379 g/mol. The second-order valence-corrected chi connectivity index (χ2v) is 6.28. The second-order valence-electron chi connectivity index (χ2n) is 6.28. The number of carbonyl (C=O) groups is 3. The summed E-state index contributed by atoms with van der Waals surface area (Å²) >= 11 is 0. The molecule has 1 aliphatic heterocycles. The van der Waals surface area contributed by atoms with E-state index in [1.54, 1.807) is 60.4 Å². The third kappa shape index (κ3) is 4.50. The predicted molar refractivity (Wildman–Crippen MR) is 106 cm³/mol. The van der Waals surface area contributed by atoms with Crippen molar-refractivity contribution in [3.63, 3.8) is 0 Å². The van der Waals surface area contributed by atoms with Gasteiger partial charge in [0, 0.05) is 24.2 Å². The number of Topliss-reactive ketones (excluding diaryl/α,β-unsaturated/α-hetero) is 1. The zero-order valence-corrected chi connectivity index (χ0v) is 15.6. The van der Waals surface area contributed by atoms with Crippen molar-refractivity contribution in [2.24, 2.45) is 5.10 Å². The van der Waals surface area contributed by atoms with E-state index in [1.165, 1.54) is 0 Å². The van der Waals surface area contributed by atoms with Crippen molar-refractivity contribution in [1.29, 1.82) is 0 Å². The van der Waals surface area contributed by atoms with E-state index < -0.39 is 0 Å². The summed E-state index contributed by atoms with van der Waals surface area (Å²) in [6.45, 7) is 3.75. The molecule has 2 aromatic carbocycles. The van der Waals surface area contributed by atoms with Gasteiger partial charge < -0.3 is 9.64 Å². The summed E-state index contributed by atoms with van der Waals surface area (Å²) in [5, 5.41) is 5.21. The van der Waals surface area contributed by atoms with Gasteiger partial charge in [0.05, 0.1) is 18.9 Å². The summed E-state index contributed by atoms with van der Waals surface area (Å²) in [6, 6.07) is 15.3. The number of benzene rings is 2. The maximum Gasteiger partial charge on any atom is 0.254 e. The Kier molecular flexibility index (Phi) is 6.29. The number of nitrogens with zero attached hydrogens (tertiary/aromatic N) is 3. The Morgan fingerprint density at radius 2 is 1.64 bits per heavy atom. The predicted octanol–water partition coefficient (Wildman–Crippen LogP) is 2.38. The molecule has 2 aromatic rings. The van der Waals surface area contributed by atoms with Crippen LogP contribution in [-0.2, 0) is 9.53 Å². The largest absolute Gasteiger partial charge is 0.378 e. The minimum atomic E-state index is -0.258. The molecule has 0 bridgehead atoms. The molecule has 0 N–H and O–H groups in total. The number of rotatable bonds is 6. The lowest BCUT2D eigenvalue weighted by molar-refractivity contribution is -0.107. The molecule has 1 aliphatic rings. The number of morpholine rings is 1. The summed E-state index contributed by atoms with van der Waals surface area (Å²) < 4.78 is 5.26. The molecule has 1 saturated heterocycles. The van der Waals surface area contributed by atoms with Crippen LogP contribution in [0.3, 0.4) is 0 Å². The van der Waals surface area contributed by atoms with Crippen LogP contribution in [0, 0.1) is 0 Å². The SMILES string of the molecule is CC(=NN(C=O)c1ccc(C(=O)N2CCOCC2)cc1)C(=O)c1ccccc1. The highest BCUT2D eigenvalue weighted by molar-refractivity contribution is 6.45. The lowest BCUT2D eigenvalue weighted by Crippen LogP contribution is -2.40. The highest BCUT2D eigenvalue weighted by atomic mass is 16.5. The molecule has 0 unspecified atom stereocenters. The normalized spacial score (nSPS) is 14.5. The van der Waals surface area contributed by atoms with Gasteiger partial charge in [-0.15, -0.1) is 0 Å². The molecule has 7 nitrogen and oxygen atoms in total. The van der Waals surface area contributed by atoms with Crippen LogP contribution in [0.5, 0.6) is 0 Å². The molecule has 0 atom stereocenters. The Labute approximate surface area is 163 Å². The van der Waals surface area contributed by atoms with Gasteiger partial charge in [-0.2, -0.15) is 5.10 Å². The van der Waals surface area contributed by atoms with E-state index in [0.29, 0.717) is 49.5 Å². The van der Waals surface area contributed by atoms with E-state index in [4.69, 9.17) is 4.74 Å². The van der Waals surface area contributed by atoms with Gasteiger partial charge in [0.15, 0.2) is 0 Å². The van der Waals surface area contributed by atoms with Crippen molar-refractivity contribution >= 4 is 29.5 Å². The molecule has 144 valence electrons. The first-order valence-electron chi connectivity index (χ1n) is 8.96. The van der Waals surface area contributed by atoms with Gasteiger partial charge in [0.2, 0.25) is 12.2 Å². The van der Waals surface area contributed by atoms with Crippen molar-refractivity contribution in [3.05, 3.63) is 65.7 Å². The lowest BCUT2D eigenvalue weighted by atomic mass is 10.1. The number of anilines is 1. The van der Waals surface area contributed by atoms with Gasteiger partial charge in [-0.05, 0) is 31.2 Å². The topological polar surface area (TPSA) is 79.3 Å². The monoisotopic (exact) mass is 379 g/mol. The molecular formula is C21H21N3O4. The minimum Gasteiger partial charge on any atom is -0.378 e. The summed E-state index contributed by atoms with van der Waals surface area (Å²) in [7, 11) is 0. The van der Waals surface area contributed by atoms with Crippen LogP contribution in [0.2, 0.25) is 0 Å². The van der Waals surface area contributed by atoms with Crippen LogP contribution in [0.4, 0.5) is 5.69 Å². The number of hydrazone groups is 1. The number of ether oxygens (including phenoxy) is 1. The number of carbonyl (C=O) groups excluding carboxylic acids is 3. The van der Waals surface area contributed by atoms with E-state index in [1.807, 2.05) is 6.07 Å². The molecule has 7 heteroatoms. The Morgan fingerprint density at radius 3 is 2.25 bits per heavy atom. The Hall–Kier alpha value is -3.32. The maximum absolute atomic E-state index is 12.5. The molecule has 0 radical (unpaired) electrons. The molecule has 0 spiro atoms. The summed E-state index contributed by atoms with van der Waals surface area (Å²) in [6.07, 6.45) is 0.528. The van der Waals surface area contributed by atoms with Gasteiger partial charge in [0.25, 0.3) is 5.91 Å². The fourth-order valence-corrected chi connectivity index (χ4v) is 2.85. The molecule has 28 heavy (non-hydrogen) atoms. The van der Waals surface area contributed by atoms with E-state index in [0.717, 1.165) is 5.01 Å². The van der Waals surface area contributed by atoms with E-state index >= 15 is 0 Å². The van der Waals surface area contributed by atoms with Gasteiger partial charge in [-0.1, -0.05) is 30.3 Å². The van der Waals surface area contributed by atoms with E-state index in [-0.39, 0.29) is 17.4 Å². The van der Waals surface area contributed by atoms with E-state index in [9.17, 15) is 14.4 Å². The molecule has 3 rings (SSSR count). The molecule has 1 heterocycles. The van der Waals surface area contributed by atoms with Crippen LogP contribution in [-0.4, -0.2) is 55.0 Å². The molecule has 0 saturated carbocycles. The zero-order valence-electron chi connectivity index (χ0n) is 15.6. The minimum absolute atomic E-state index is 0.0774. The lowest BCUT2D eigenvalue weighted by Gasteiger charge is -2.27. The fraction of sp³-hybridized carbons (Fsp3) is 0.238. The third-order valence-corrected chi connectivity index (χ3v) is 4.40. The summed E-state index contributed by atoms with van der Waals surface area (Å²) in [5.74, 6) is -0.335. The number of amides is 2. The first-order chi connectivity index (χ1) is 13.6. The van der Waals surface area contributed by atoms with Crippen LogP contribution < -0.4 is 5.01 Å². The first-order valence-corrected chi connectivity index (χ1v) is 8.96. The highest BCUT2D eigenvalue weighted by Crippen LogP contribution is 2.17. The molecule has 1 fully saturated rings. The molecule has 2 amide bonds. The van der Waals surface area contributed by atoms with E-state index in [2.05, 4.69) is 5.10 Å². The number of hydrogen-bond donors (Lipinski definition) is 0. The highest BCUT2D eigenvalue weighted by Gasteiger charge is 2.19. The van der Waals surface area contributed by atoms with Crippen molar-refractivity contribution < 1.29 is 19.1 Å². The smallest absolute Gasteiger partial charge is 0.254 e. The molecule has 0 aromatic heterocycles. The van der Waals surface area contributed by atoms with Crippen molar-refractivity contribution in [1.82, 2.24) is 4.90 Å². The summed E-state index contributed by atoms with van der Waals surface area (Å²) in [5.41, 5.74) is 1.68. The Balaban J connectivity index is 1.74. The van der Waals surface area contributed by atoms with Gasteiger partial charge in [-0.25, -0.2) is 5.01 Å². The number of ketones is 1. The van der Waals surface area contributed by atoms with Crippen LogP contribution >= 0.6 is 0 Å². The van der Waals surface area contributed by atoms with Crippen LogP contribution in [0.15, 0.2) is 59.7 Å². The van der Waals surface area contributed by atoms with Gasteiger partial charge in [-0.3, -0.25) is 14.4 Å². The second kappa shape index (κ2) is 9.05. The quantitative estimate of drug-likeness (QED) is 0.334. The van der Waals surface area contributed by atoms with Crippen molar-refractivity contribution in [3.8, 4) is 0 Å².